The first-order valence-electron chi connectivity index (χ1n) is 3.77. The van der Waals surface area contributed by atoms with Gasteiger partial charge in [-0.2, -0.15) is 4.98 Å². The van der Waals surface area contributed by atoms with E-state index in [4.69, 9.17) is 5.11 Å². The SMILES string of the molecule is CC(c1nc(C(=O)O)no1)C(C)(F)F. The molecular weight excluding hydrogens is 198 g/mol. The second-order valence-corrected chi connectivity index (χ2v) is 2.94. The predicted molar refractivity (Wildman–Crippen MR) is 40.3 cm³/mol. The van der Waals surface area contributed by atoms with Crippen molar-refractivity contribution in [1.29, 1.82) is 0 Å². The maximum atomic E-state index is 12.7. The summed E-state index contributed by atoms with van der Waals surface area (Å²) >= 11 is 0. The molecule has 0 aromatic carbocycles. The van der Waals surface area contributed by atoms with Crippen molar-refractivity contribution in [2.75, 3.05) is 0 Å². The predicted octanol–water partition coefficient (Wildman–Crippen LogP) is 1.53. The summed E-state index contributed by atoms with van der Waals surface area (Å²) in [5.74, 6) is -6.73. The average Bonchev–Trinajstić information content (AvgIpc) is 2.48. The molecule has 0 aliphatic rings. The molecule has 1 N–H and O–H groups in total. The van der Waals surface area contributed by atoms with Crippen LogP contribution >= 0.6 is 0 Å². The number of carbonyl (C=O) groups is 1. The summed E-state index contributed by atoms with van der Waals surface area (Å²) in [5.41, 5.74) is 0. The molecule has 0 bridgehead atoms. The molecule has 0 aliphatic carbocycles. The van der Waals surface area contributed by atoms with Crippen molar-refractivity contribution >= 4 is 5.97 Å². The van der Waals surface area contributed by atoms with Crippen molar-refractivity contribution in [2.45, 2.75) is 25.7 Å². The van der Waals surface area contributed by atoms with Crippen LogP contribution < -0.4 is 0 Å². The van der Waals surface area contributed by atoms with E-state index >= 15 is 0 Å². The Kier molecular flexibility index (Phi) is 2.50. The summed E-state index contributed by atoms with van der Waals surface area (Å²) in [4.78, 5) is 13.6. The van der Waals surface area contributed by atoms with Gasteiger partial charge < -0.3 is 9.63 Å². The van der Waals surface area contributed by atoms with Gasteiger partial charge in [-0.25, -0.2) is 13.6 Å². The van der Waals surface area contributed by atoms with E-state index in [0.717, 1.165) is 0 Å². The van der Waals surface area contributed by atoms with Gasteiger partial charge in [-0.3, -0.25) is 0 Å². The highest BCUT2D eigenvalue weighted by Gasteiger charge is 2.36. The Morgan fingerprint density at radius 3 is 2.57 bits per heavy atom. The number of hydrogen-bond acceptors (Lipinski definition) is 4. The van der Waals surface area contributed by atoms with Crippen molar-refractivity contribution in [3.05, 3.63) is 11.7 Å². The van der Waals surface area contributed by atoms with Gasteiger partial charge in [0, 0.05) is 6.92 Å². The summed E-state index contributed by atoms with van der Waals surface area (Å²) < 4.78 is 29.9. The lowest BCUT2D eigenvalue weighted by Gasteiger charge is -2.14. The number of halogens is 2. The molecule has 0 spiro atoms. The minimum absolute atomic E-state index is 0.380. The molecule has 78 valence electrons. The number of carboxylic acids is 1. The molecule has 7 heteroatoms. The molecule has 0 radical (unpaired) electrons. The lowest BCUT2D eigenvalue weighted by atomic mass is 10.1. The summed E-state index contributed by atoms with van der Waals surface area (Å²) in [6.45, 7) is 1.88. The monoisotopic (exact) mass is 206 g/mol. The van der Waals surface area contributed by atoms with Gasteiger partial charge in [0.05, 0.1) is 5.92 Å². The summed E-state index contributed by atoms with van der Waals surface area (Å²) in [5, 5.41) is 11.4. The van der Waals surface area contributed by atoms with Crippen LogP contribution in [-0.2, 0) is 0 Å². The molecule has 0 fully saturated rings. The molecule has 14 heavy (non-hydrogen) atoms. The third kappa shape index (κ3) is 2.04. The zero-order valence-corrected chi connectivity index (χ0v) is 7.49. The summed E-state index contributed by atoms with van der Waals surface area (Å²) in [6.07, 6.45) is 0. The fourth-order valence-electron chi connectivity index (χ4n) is 0.715. The van der Waals surface area contributed by atoms with Gasteiger partial charge in [0.25, 0.3) is 11.7 Å². The van der Waals surface area contributed by atoms with E-state index < -0.39 is 23.6 Å². The first-order chi connectivity index (χ1) is 6.32. The van der Waals surface area contributed by atoms with Crippen LogP contribution in [-0.4, -0.2) is 27.1 Å². The van der Waals surface area contributed by atoms with Gasteiger partial charge in [0.15, 0.2) is 0 Å². The Labute approximate surface area is 77.7 Å². The number of hydrogen-bond donors (Lipinski definition) is 1. The Bertz CT molecular complexity index is 345. The highest BCUT2D eigenvalue weighted by Crippen LogP contribution is 2.31. The molecule has 1 aromatic rings. The number of nitrogens with zero attached hydrogens (tertiary/aromatic N) is 2. The van der Waals surface area contributed by atoms with Gasteiger partial charge in [0.2, 0.25) is 5.89 Å². The first kappa shape index (κ1) is 10.6. The van der Waals surface area contributed by atoms with Crippen molar-refractivity contribution in [1.82, 2.24) is 10.1 Å². The fourth-order valence-corrected chi connectivity index (χ4v) is 0.715. The maximum Gasteiger partial charge on any atom is 0.377 e. The van der Waals surface area contributed by atoms with Crippen LogP contribution in [0.4, 0.5) is 8.78 Å². The molecule has 0 amide bonds. The van der Waals surface area contributed by atoms with E-state index in [-0.39, 0.29) is 5.89 Å². The van der Waals surface area contributed by atoms with Crippen molar-refractivity contribution in [2.24, 2.45) is 0 Å². The van der Waals surface area contributed by atoms with Crippen LogP contribution in [0.2, 0.25) is 0 Å². The molecule has 0 aliphatic heterocycles. The highest BCUT2D eigenvalue weighted by atomic mass is 19.3. The number of alkyl halides is 2. The first-order valence-corrected chi connectivity index (χ1v) is 3.77. The lowest BCUT2D eigenvalue weighted by Crippen LogP contribution is -2.19. The van der Waals surface area contributed by atoms with Gasteiger partial charge in [-0.1, -0.05) is 0 Å². The third-order valence-corrected chi connectivity index (χ3v) is 1.76. The maximum absolute atomic E-state index is 12.7. The van der Waals surface area contributed by atoms with E-state index in [2.05, 4.69) is 14.7 Å². The van der Waals surface area contributed by atoms with Crippen LogP contribution in [0.1, 0.15) is 36.3 Å². The normalized spacial score (nSPS) is 14.0. The zero-order chi connectivity index (χ0) is 10.9. The average molecular weight is 206 g/mol. The third-order valence-electron chi connectivity index (χ3n) is 1.76. The standard InChI is InChI=1S/C7H8F2N2O3/c1-3(7(2,8)9)5-10-4(6(12)13)11-14-5/h3H,1-2H3,(H,12,13). The molecule has 1 unspecified atom stereocenters. The Balaban J connectivity index is 2.92. The highest BCUT2D eigenvalue weighted by molar-refractivity contribution is 5.82. The van der Waals surface area contributed by atoms with Gasteiger partial charge >= 0.3 is 5.97 Å². The fraction of sp³-hybridized carbons (Fsp3) is 0.571. The smallest absolute Gasteiger partial charge is 0.377 e. The topological polar surface area (TPSA) is 76.2 Å². The van der Waals surface area contributed by atoms with Crippen molar-refractivity contribution in [3.63, 3.8) is 0 Å². The Hall–Kier alpha value is -1.53. The van der Waals surface area contributed by atoms with Crippen LogP contribution in [0.5, 0.6) is 0 Å². The van der Waals surface area contributed by atoms with Gasteiger partial charge in [-0.05, 0) is 12.1 Å². The summed E-state index contributed by atoms with van der Waals surface area (Å²) in [7, 11) is 0. The number of carboxylic acid groups (broad SMARTS) is 1. The van der Waals surface area contributed by atoms with Crippen LogP contribution in [0.3, 0.4) is 0 Å². The molecule has 5 nitrogen and oxygen atoms in total. The van der Waals surface area contributed by atoms with Gasteiger partial charge in [-0.15, -0.1) is 0 Å². The van der Waals surface area contributed by atoms with Crippen LogP contribution in [0.15, 0.2) is 4.52 Å². The second kappa shape index (κ2) is 3.32. The lowest BCUT2D eigenvalue weighted by molar-refractivity contribution is -0.0115. The van der Waals surface area contributed by atoms with E-state index in [9.17, 15) is 13.6 Å². The van der Waals surface area contributed by atoms with E-state index in [1.165, 1.54) is 6.92 Å². The van der Waals surface area contributed by atoms with Gasteiger partial charge in [0.1, 0.15) is 0 Å². The Morgan fingerprint density at radius 2 is 2.21 bits per heavy atom. The molecule has 1 aromatic heterocycles. The van der Waals surface area contributed by atoms with Crippen molar-refractivity contribution < 1.29 is 23.2 Å². The molecule has 0 saturated carbocycles. The number of aromatic carboxylic acids is 1. The Morgan fingerprint density at radius 1 is 1.64 bits per heavy atom. The molecular formula is C7H8F2N2O3. The summed E-state index contributed by atoms with van der Waals surface area (Å²) in [6, 6.07) is 0. The molecule has 0 saturated heterocycles. The minimum Gasteiger partial charge on any atom is -0.475 e. The number of aromatic nitrogens is 2. The quantitative estimate of drug-likeness (QED) is 0.811. The van der Waals surface area contributed by atoms with Crippen LogP contribution in [0, 0.1) is 0 Å². The molecule has 1 atom stereocenters. The largest absolute Gasteiger partial charge is 0.475 e. The van der Waals surface area contributed by atoms with E-state index in [1.807, 2.05) is 0 Å². The molecule has 1 rings (SSSR count). The van der Waals surface area contributed by atoms with E-state index in [0.29, 0.717) is 6.92 Å². The second-order valence-electron chi connectivity index (χ2n) is 2.94. The molecule has 1 heterocycles. The minimum atomic E-state index is -3.03. The number of rotatable bonds is 3. The zero-order valence-electron chi connectivity index (χ0n) is 7.49. The van der Waals surface area contributed by atoms with Crippen LogP contribution in [0.25, 0.3) is 0 Å². The van der Waals surface area contributed by atoms with E-state index in [1.54, 1.807) is 0 Å². The van der Waals surface area contributed by atoms with Crippen molar-refractivity contribution in [3.8, 4) is 0 Å².